The predicted octanol–water partition coefficient (Wildman–Crippen LogP) is 6.92. The second-order valence-corrected chi connectivity index (χ2v) is 10.0. The number of rotatable bonds is 6. The van der Waals surface area contributed by atoms with Crippen molar-refractivity contribution in [2.24, 2.45) is 0 Å². The summed E-state index contributed by atoms with van der Waals surface area (Å²) in [5.41, 5.74) is 1.07. The van der Waals surface area contributed by atoms with Crippen LogP contribution in [0.1, 0.15) is 11.1 Å². The molecule has 0 fully saturated rings. The van der Waals surface area contributed by atoms with Gasteiger partial charge < -0.3 is 9.50 Å². The maximum Gasteiger partial charge on any atom is 0.339 e. The number of nitrogens with zero attached hydrogens (tertiary/aromatic N) is 1. The lowest BCUT2D eigenvalue weighted by Gasteiger charge is -2.11. The van der Waals surface area contributed by atoms with Crippen LogP contribution in [0.5, 0.6) is 5.75 Å². The highest BCUT2D eigenvalue weighted by molar-refractivity contribution is 7.87. The first-order valence-corrected chi connectivity index (χ1v) is 12.3. The maximum absolute atomic E-state index is 12.6. The van der Waals surface area contributed by atoms with Gasteiger partial charge >= 0.3 is 10.1 Å². The molecule has 0 aliphatic rings. The third-order valence-electron chi connectivity index (χ3n) is 4.40. The maximum atomic E-state index is 12.6. The number of benzene rings is 3. The van der Waals surface area contributed by atoms with Crippen LogP contribution >= 0.6 is 46.4 Å². The molecule has 0 atom stereocenters. The van der Waals surface area contributed by atoms with E-state index in [2.05, 4.69) is 5.32 Å². The van der Waals surface area contributed by atoms with Crippen molar-refractivity contribution < 1.29 is 17.4 Å². The van der Waals surface area contributed by atoms with Crippen molar-refractivity contribution in [3.63, 3.8) is 0 Å². The summed E-state index contributed by atoms with van der Waals surface area (Å²) in [6.45, 7) is 1.82. The lowest BCUT2D eigenvalue weighted by atomic mass is 10.1. The van der Waals surface area contributed by atoms with Crippen molar-refractivity contribution in [3.8, 4) is 11.8 Å². The van der Waals surface area contributed by atoms with Crippen molar-refractivity contribution in [2.45, 2.75) is 11.8 Å². The van der Waals surface area contributed by atoms with Gasteiger partial charge in [0.05, 0.1) is 25.8 Å². The smallest absolute Gasteiger partial charge is 0.339 e. The number of aryl methyl sites for hydroxylation is 1. The number of carbonyl (C=O) groups is 1. The van der Waals surface area contributed by atoms with E-state index in [1.807, 2.05) is 6.92 Å². The number of carbonyl (C=O) groups excluding carboxylic acids is 1. The van der Waals surface area contributed by atoms with Crippen LogP contribution in [0.3, 0.4) is 0 Å². The topological polar surface area (TPSA) is 96.3 Å². The quantitative estimate of drug-likeness (QED) is 0.202. The first kappa shape index (κ1) is 25.9. The number of anilines is 1. The van der Waals surface area contributed by atoms with Gasteiger partial charge in [-0.1, -0.05) is 70.2 Å². The van der Waals surface area contributed by atoms with Crippen LogP contribution < -0.4 is 9.50 Å². The monoisotopic (exact) mass is 554 g/mol. The SMILES string of the molecule is Cc1ccc(S(=O)(=O)Oc2c(Cl)cc(/C=C(\C#N)C(=O)Nc3cccc(Cl)c3Cl)cc2Cl)cc1. The molecule has 0 heterocycles. The van der Waals surface area contributed by atoms with Gasteiger partial charge in [-0.2, -0.15) is 13.7 Å². The molecule has 0 saturated heterocycles. The van der Waals surface area contributed by atoms with E-state index in [1.165, 1.54) is 36.4 Å². The van der Waals surface area contributed by atoms with E-state index in [4.69, 9.17) is 50.6 Å². The lowest BCUT2D eigenvalue weighted by molar-refractivity contribution is -0.112. The molecule has 0 aliphatic heterocycles. The Morgan fingerprint density at radius 1 is 1.00 bits per heavy atom. The highest BCUT2D eigenvalue weighted by atomic mass is 35.5. The molecular formula is C23H14Cl4N2O4S. The Hall–Kier alpha value is -2.73. The molecule has 0 spiro atoms. The molecule has 3 rings (SSSR count). The fourth-order valence-electron chi connectivity index (χ4n) is 2.71. The van der Waals surface area contributed by atoms with Gasteiger partial charge in [0.2, 0.25) is 0 Å². The summed E-state index contributed by atoms with van der Waals surface area (Å²) in [6.07, 6.45) is 1.23. The van der Waals surface area contributed by atoms with Crippen LogP contribution in [0, 0.1) is 18.3 Å². The van der Waals surface area contributed by atoms with Crippen LogP contribution in [0.15, 0.2) is 65.1 Å². The molecule has 11 heteroatoms. The predicted molar refractivity (Wildman–Crippen MR) is 134 cm³/mol. The minimum Gasteiger partial charge on any atom is -0.376 e. The Morgan fingerprint density at radius 3 is 2.21 bits per heavy atom. The average molecular weight is 556 g/mol. The van der Waals surface area contributed by atoms with Gasteiger partial charge in [-0.3, -0.25) is 4.79 Å². The van der Waals surface area contributed by atoms with Gasteiger partial charge in [-0.05, 0) is 55.0 Å². The van der Waals surface area contributed by atoms with Gasteiger partial charge in [-0.25, -0.2) is 0 Å². The molecule has 6 nitrogen and oxygen atoms in total. The average Bonchev–Trinajstić information content (AvgIpc) is 2.78. The molecule has 34 heavy (non-hydrogen) atoms. The summed E-state index contributed by atoms with van der Waals surface area (Å²) >= 11 is 24.4. The largest absolute Gasteiger partial charge is 0.376 e. The van der Waals surface area contributed by atoms with Crippen LogP contribution in [-0.4, -0.2) is 14.3 Å². The molecule has 3 aromatic carbocycles. The van der Waals surface area contributed by atoms with Crippen LogP contribution in [-0.2, 0) is 14.9 Å². The van der Waals surface area contributed by atoms with Crippen LogP contribution in [0.2, 0.25) is 20.1 Å². The zero-order chi connectivity index (χ0) is 25.0. The first-order valence-electron chi connectivity index (χ1n) is 9.39. The van der Waals surface area contributed by atoms with Gasteiger partial charge in [0.15, 0.2) is 5.75 Å². The molecule has 3 aromatic rings. The fourth-order valence-corrected chi connectivity index (χ4v) is 4.70. The third-order valence-corrected chi connectivity index (χ3v) is 7.02. The Balaban J connectivity index is 1.88. The van der Waals surface area contributed by atoms with E-state index < -0.39 is 16.0 Å². The molecule has 1 N–H and O–H groups in total. The molecule has 0 bridgehead atoms. The highest BCUT2D eigenvalue weighted by Gasteiger charge is 2.21. The fraction of sp³-hybridized carbons (Fsp3) is 0.0435. The van der Waals surface area contributed by atoms with E-state index in [0.29, 0.717) is 0 Å². The number of hydrogen-bond donors (Lipinski definition) is 1. The normalized spacial score (nSPS) is 11.6. The van der Waals surface area contributed by atoms with E-state index in [0.717, 1.165) is 5.56 Å². The summed E-state index contributed by atoms with van der Waals surface area (Å²) in [6, 6.07) is 15.1. The summed E-state index contributed by atoms with van der Waals surface area (Å²) in [4.78, 5) is 12.5. The zero-order valence-electron chi connectivity index (χ0n) is 17.3. The van der Waals surface area contributed by atoms with Crippen molar-refractivity contribution >= 4 is 74.2 Å². The van der Waals surface area contributed by atoms with E-state index in [-0.39, 0.29) is 47.6 Å². The summed E-state index contributed by atoms with van der Waals surface area (Å²) in [5, 5.41) is 12.0. The molecular weight excluding hydrogens is 542 g/mol. The molecule has 0 radical (unpaired) electrons. The summed E-state index contributed by atoms with van der Waals surface area (Å²) < 4.78 is 30.3. The van der Waals surface area contributed by atoms with Crippen molar-refractivity contribution in [1.82, 2.24) is 0 Å². The Bertz CT molecular complexity index is 1420. The van der Waals surface area contributed by atoms with Crippen LogP contribution in [0.25, 0.3) is 6.08 Å². The third kappa shape index (κ3) is 6.03. The molecule has 174 valence electrons. The summed E-state index contributed by atoms with van der Waals surface area (Å²) in [7, 11) is -4.20. The zero-order valence-corrected chi connectivity index (χ0v) is 21.1. The minimum absolute atomic E-state index is 0.0719. The second kappa shape index (κ2) is 10.7. The molecule has 0 aliphatic carbocycles. The molecule has 0 saturated carbocycles. The van der Waals surface area contributed by atoms with Crippen molar-refractivity contribution in [2.75, 3.05) is 5.32 Å². The minimum atomic E-state index is -4.20. The molecule has 0 unspecified atom stereocenters. The Labute approximate surface area is 216 Å². The van der Waals surface area contributed by atoms with Gasteiger partial charge in [0.25, 0.3) is 5.91 Å². The van der Waals surface area contributed by atoms with E-state index in [9.17, 15) is 18.5 Å². The van der Waals surface area contributed by atoms with Gasteiger partial charge in [0, 0.05) is 0 Å². The van der Waals surface area contributed by atoms with Gasteiger partial charge in [-0.15, -0.1) is 0 Å². The Morgan fingerprint density at radius 2 is 1.62 bits per heavy atom. The van der Waals surface area contributed by atoms with Gasteiger partial charge in [0.1, 0.15) is 16.5 Å². The lowest BCUT2D eigenvalue weighted by Crippen LogP contribution is -2.13. The highest BCUT2D eigenvalue weighted by Crippen LogP contribution is 2.37. The van der Waals surface area contributed by atoms with Crippen molar-refractivity contribution in [3.05, 3.63) is 91.4 Å². The van der Waals surface area contributed by atoms with E-state index >= 15 is 0 Å². The molecule has 1 amide bonds. The first-order chi connectivity index (χ1) is 16.0. The van der Waals surface area contributed by atoms with Crippen molar-refractivity contribution in [1.29, 1.82) is 5.26 Å². The standard InChI is InChI=1S/C23H14Cl4N2O4S/c1-13-5-7-16(8-6-13)34(31,32)33-22-18(25)10-14(11-19(22)26)9-15(12-28)23(30)29-20-4-2-3-17(24)21(20)27/h2-11H,1H3,(H,29,30)/b15-9+. The number of amides is 1. The summed E-state index contributed by atoms with van der Waals surface area (Å²) in [5.74, 6) is -1.03. The second-order valence-electron chi connectivity index (χ2n) is 6.89. The number of halogens is 4. The molecule has 0 aromatic heterocycles. The van der Waals surface area contributed by atoms with Crippen LogP contribution in [0.4, 0.5) is 5.69 Å². The Kier molecular flexibility index (Phi) is 8.13. The van der Waals surface area contributed by atoms with E-state index in [1.54, 1.807) is 30.3 Å². The number of nitriles is 1. The number of nitrogens with one attached hydrogen (secondary N) is 1. The number of hydrogen-bond acceptors (Lipinski definition) is 5.